The Kier molecular flexibility index (Phi) is 13.5. The molecule has 8 heteroatoms. The molecule has 3 saturated carbocycles. The molecule has 0 amide bonds. The Morgan fingerprint density at radius 1 is 1.00 bits per heavy atom. The third kappa shape index (κ3) is 6.58. The number of fused-ring (bicyclic) bond motifs is 5. The second-order valence-corrected chi connectivity index (χ2v) is 12.2. The molecule has 0 bridgehead atoms. The quantitative estimate of drug-likeness (QED) is 0.332. The first-order valence-electron chi connectivity index (χ1n) is 12.5. The summed E-state index contributed by atoms with van der Waals surface area (Å²) in [5.74, 6) is 5.36. The summed E-state index contributed by atoms with van der Waals surface area (Å²) in [6.07, 6.45) is 10.8. The van der Waals surface area contributed by atoms with Gasteiger partial charge in [-0.2, -0.15) is 37.9 Å². The first kappa shape index (κ1) is 32.7. The predicted octanol–water partition coefficient (Wildman–Crippen LogP) is 5.23. The molecule has 197 valence electrons. The van der Waals surface area contributed by atoms with E-state index in [1.165, 1.54) is 31.3 Å². The number of allylic oxidation sites excluding steroid dienone is 1. The molecule has 4 aliphatic carbocycles. The molecule has 0 aliphatic heterocycles. The van der Waals surface area contributed by atoms with Crippen molar-refractivity contribution in [3.8, 4) is 0 Å². The Morgan fingerprint density at radius 2 is 1.65 bits per heavy atom. The van der Waals surface area contributed by atoms with Crippen LogP contribution < -0.4 is 0 Å². The number of carbonyl (C=O) groups excluding carboxylic acids is 2. The average Bonchev–Trinajstić information content (AvgIpc) is 3.12. The molecule has 3 fully saturated rings. The summed E-state index contributed by atoms with van der Waals surface area (Å²) in [5, 5.41) is 0. The largest absolute Gasteiger partial charge is 0.870 e. The first-order chi connectivity index (χ1) is 15.2. The zero-order chi connectivity index (χ0) is 23.5. The van der Waals surface area contributed by atoms with E-state index >= 15 is 0 Å². The van der Waals surface area contributed by atoms with Gasteiger partial charge in [0, 0.05) is 63.1 Å². The van der Waals surface area contributed by atoms with Crippen LogP contribution in [0.25, 0.3) is 0 Å². The molecule has 0 aromatic rings. The van der Waals surface area contributed by atoms with E-state index in [9.17, 15) is 9.59 Å². The molecule has 4 nitrogen and oxygen atoms in total. The van der Waals surface area contributed by atoms with E-state index in [-0.39, 0.29) is 42.6 Å². The molecule has 6 atom stereocenters. The normalized spacial score (nSPS) is 36.0. The third-order valence-corrected chi connectivity index (χ3v) is 10.2. The van der Waals surface area contributed by atoms with E-state index < -0.39 is 0 Å². The molecule has 0 spiro atoms. The van der Waals surface area contributed by atoms with Gasteiger partial charge < -0.3 is 10.4 Å². The maximum absolute atomic E-state index is 12.4. The van der Waals surface area contributed by atoms with Crippen LogP contribution in [-0.2, 0) is 30.0 Å². The van der Waals surface area contributed by atoms with Gasteiger partial charge in [0.15, 0.2) is 5.78 Å². The van der Waals surface area contributed by atoms with Gasteiger partial charge >= 0.3 is 0 Å². The number of nitrogens with zero attached hydrogens (tertiary/aromatic N) is 1. The van der Waals surface area contributed by atoms with E-state index in [0.717, 1.165) is 56.2 Å². The van der Waals surface area contributed by atoms with Gasteiger partial charge in [-0.25, -0.2) is 0 Å². The summed E-state index contributed by atoms with van der Waals surface area (Å²) in [6.45, 7) is 6.94. The van der Waals surface area contributed by atoms with Crippen molar-refractivity contribution in [3.05, 3.63) is 11.6 Å². The smallest absolute Gasteiger partial charge is 0.155 e. The Balaban J connectivity index is 0.000000505. The summed E-state index contributed by atoms with van der Waals surface area (Å²) < 4.78 is 0. The molecule has 4 rings (SSSR count). The van der Waals surface area contributed by atoms with Gasteiger partial charge in [-0.05, 0) is 86.7 Å². The molecular formula is C26H44NO3ReS3-. The van der Waals surface area contributed by atoms with E-state index in [4.69, 9.17) is 0 Å². The summed E-state index contributed by atoms with van der Waals surface area (Å²) in [6, 6.07) is 0. The summed E-state index contributed by atoms with van der Waals surface area (Å²) in [4.78, 5) is 26.5. The van der Waals surface area contributed by atoms with Crippen LogP contribution in [0, 0.1) is 34.5 Å². The molecule has 0 aromatic heterocycles. The molecule has 1 radical (unpaired) electrons. The maximum Gasteiger partial charge on any atom is 0.155 e. The fourth-order valence-electron chi connectivity index (χ4n) is 7.65. The van der Waals surface area contributed by atoms with Gasteiger partial charge in [-0.15, -0.1) is 0 Å². The van der Waals surface area contributed by atoms with Crippen LogP contribution >= 0.6 is 37.9 Å². The van der Waals surface area contributed by atoms with E-state index in [1.807, 2.05) is 6.08 Å². The number of rotatable bonds is 6. The van der Waals surface area contributed by atoms with Crippen molar-refractivity contribution >= 4 is 49.5 Å². The van der Waals surface area contributed by atoms with Crippen molar-refractivity contribution in [1.29, 1.82) is 0 Å². The fourth-order valence-corrected chi connectivity index (χ4v) is 8.55. The van der Waals surface area contributed by atoms with Crippen LogP contribution in [0.2, 0.25) is 0 Å². The monoisotopic (exact) mass is 701 g/mol. The molecule has 4 aliphatic rings. The Labute approximate surface area is 237 Å². The molecule has 0 saturated heterocycles. The van der Waals surface area contributed by atoms with Crippen molar-refractivity contribution in [1.82, 2.24) is 4.90 Å². The Bertz CT molecular complexity index is 730. The predicted molar refractivity (Wildman–Crippen MR) is 146 cm³/mol. The van der Waals surface area contributed by atoms with Crippen molar-refractivity contribution < 1.29 is 35.5 Å². The number of thiol groups is 3. The second-order valence-electron chi connectivity index (χ2n) is 11.0. The van der Waals surface area contributed by atoms with Gasteiger partial charge in [0.2, 0.25) is 0 Å². The molecular weight excluding hydrogens is 657 g/mol. The van der Waals surface area contributed by atoms with Crippen LogP contribution in [0.15, 0.2) is 11.6 Å². The van der Waals surface area contributed by atoms with Gasteiger partial charge in [0.05, 0.1) is 0 Å². The number of hydrogen-bond acceptors (Lipinski definition) is 7. The standard InChI is InChI=1S/C21H30O2S.C5H13NS2.H2O.Re/c1-20-9-7-14(22)11-13(20)3-4-15-16-5-6-18(19(23)12-24)21(16,2)10-8-17(15)20;1-6(2-4-7)3-5-8;;/h11,15-18,24H,3-10,12H2,1-2H3;7-8H,2-5H2,1H3;1H2;/p-1/t15?,16?,17?,18-,20+,21+;;;/m1.../s1. The molecule has 1 N–H and O–H groups in total. The van der Waals surface area contributed by atoms with Gasteiger partial charge in [-0.3, -0.25) is 9.59 Å². The molecule has 0 aromatic carbocycles. The fraction of sp³-hybridized carbons (Fsp3) is 0.846. The van der Waals surface area contributed by atoms with E-state index in [2.05, 4.69) is 63.7 Å². The zero-order valence-electron chi connectivity index (χ0n) is 21.0. The van der Waals surface area contributed by atoms with Crippen LogP contribution in [-0.4, -0.2) is 59.3 Å². The van der Waals surface area contributed by atoms with Crippen LogP contribution in [0.4, 0.5) is 0 Å². The second kappa shape index (κ2) is 14.0. The third-order valence-electron chi connectivity index (χ3n) is 9.47. The van der Waals surface area contributed by atoms with Crippen molar-refractivity contribution in [2.45, 2.75) is 65.2 Å². The summed E-state index contributed by atoms with van der Waals surface area (Å²) in [5.41, 5.74) is 1.87. The van der Waals surface area contributed by atoms with Gasteiger partial charge in [0.25, 0.3) is 0 Å². The Hall–Kier alpha value is 0.712. The molecule has 0 heterocycles. The van der Waals surface area contributed by atoms with Crippen molar-refractivity contribution in [2.24, 2.45) is 34.5 Å². The Morgan fingerprint density at radius 3 is 2.24 bits per heavy atom. The van der Waals surface area contributed by atoms with Crippen LogP contribution in [0.3, 0.4) is 0 Å². The molecule has 34 heavy (non-hydrogen) atoms. The zero-order valence-corrected chi connectivity index (χ0v) is 26.4. The maximum atomic E-state index is 12.4. The van der Waals surface area contributed by atoms with Gasteiger partial charge in [0.1, 0.15) is 5.78 Å². The number of ketones is 2. The van der Waals surface area contributed by atoms with Crippen LogP contribution in [0.1, 0.15) is 65.2 Å². The first-order valence-corrected chi connectivity index (χ1v) is 14.4. The summed E-state index contributed by atoms with van der Waals surface area (Å²) in [7, 11) is 2.08. The minimum atomic E-state index is 0. The topological polar surface area (TPSA) is 67.4 Å². The minimum Gasteiger partial charge on any atom is -0.870 e. The van der Waals surface area contributed by atoms with E-state index in [0.29, 0.717) is 29.2 Å². The van der Waals surface area contributed by atoms with Crippen LogP contribution in [0.5, 0.6) is 0 Å². The van der Waals surface area contributed by atoms with E-state index in [1.54, 1.807) is 0 Å². The van der Waals surface area contributed by atoms with Crippen molar-refractivity contribution in [3.63, 3.8) is 0 Å². The number of carbonyl (C=O) groups is 2. The SMILES string of the molecule is CN(CCS)CCS.C[C@]12CCC(=O)C=C1CCC1C2CC[C@@]2(C)C1CC[C@@H]2C(=O)CS.[OH-].[Re]. The average molecular weight is 701 g/mol. The summed E-state index contributed by atoms with van der Waals surface area (Å²) >= 11 is 12.4. The minimum absolute atomic E-state index is 0. The molecule has 3 unspecified atom stereocenters. The van der Waals surface area contributed by atoms with Crippen molar-refractivity contribution in [2.75, 3.05) is 37.4 Å². The van der Waals surface area contributed by atoms with Gasteiger partial charge in [-0.1, -0.05) is 19.4 Å². The number of hydrogen-bond donors (Lipinski definition) is 3. The number of Topliss-reactive ketones (excluding diaryl/α,β-unsaturated/α-hetero) is 1.